The quantitative estimate of drug-likeness (QED) is 0.767. The lowest BCUT2D eigenvalue weighted by molar-refractivity contribution is 0.0254. The Morgan fingerprint density at radius 2 is 1.92 bits per heavy atom. The summed E-state index contributed by atoms with van der Waals surface area (Å²) in [7, 11) is 0. The summed E-state index contributed by atoms with van der Waals surface area (Å²) in [5, 5.41) is 4.10. The molecule has 2 heterocycles. The van der Waals surface area contributed by atoms with E-state index in [2.05, 4.69) is 5.10 Å². The number of carbonyl (C=O) groups is 1. The summed E-state index contributed by atoms with van der Waals surface area (Å²) in [6.45, 7) is 1.03. The molecule has 0 fully saturated rings. The monoisotopic (exact) mass is 375 g/mol. The Bertz CT molecular complexity index is 804. The van der Waals surface area contributed by atoms with Gasteiger partial charge >= 0.3 is 0 Å². The molecule has 2 aromatic rings. The van der Waals surface area contributed by atoms with Crippen LogP contribution in [-0.2, 0) is 13.0 Å². The van der Waals surface area contributed by atoms with Crippen molar-refractivity contribution in [3.63, 3.8) is 0 Å². The highest BCUT2D eigenvalue weighted by Gasteiger charge is 2.36. The zero-order chi connectivity index (χ0) is 18.3. The number of aromatic nitrogens is 2. The number of hydrogen-bond donors (Lipinski definition) is 0. The molecule has 1 atom stereocenters. The van der Waals surface area contributed by atoms with Crippen LogP contribution in [0.15, 0.2) is 18.2 Å². The number of fused-ring (bicyclic) bond motifs is 1. The zero-order valence-corrected chi connectivity index (χ0v) is 13.9. The highest BCUT2D eigenvalue weighted by molar-refractivity contribution is 6.31. The van der Waals surface area contributed by atoms with Crippen molar-refractivity contribution in [2.45, 2.75) is 32.4 Å². The molecule has 0 saturated carbocycles. The molecule has 0 radical (unpaired) electrons. The second kappa shape index (κ2) is 6.67. The van der Waals surface area contributed by atoms with E-state index in [4.69, 9.17) is 11.6 Å². The molecule has 25 heavy (non-hydrogen) atoms. The van der Waals surface area contributed by atoms with Gasteiger partial charge in [0.1, 0.15) is 16.8 Å². The minimum absolute atomic E-state index is 0.0551. The zero-order valence-electron chi connectivity index (χ0n) is 13.1. The van der Waals surface area contributed by atoms with Crippen molar-refractivity contribution < 1.29 is 22.4 Å². The van der Waals surface area contributed by atoms with E-state index in [-0.39, 0.29) is 35.9 Å². The van der Waals surface area contributed by atoms with Gasteiger partial charge in [-0.3, -0.25) is 4.79 Å². The Kier molecular flexibility index (Phi) is 4.73. The third-order valence-electron chi connectivity index (χ3n) is 4.27. The number of halogens is 5. The van der Waals surface area contributed by atoms with Gasteiger partial charge in [0, 0.05) is 17.7 Å². The molecule has 0 saturated heterocycles. The van der Waals surface area contributed by atoms with Gasteiger partial charge in [0.25, 0.3) is 12.3 Å². The van der Waals surface area contributed by atoms with Gasteiger partial charge < -0.3 is 4.90 Å². The minimum atomic E-state index is -2.68. The number of alkyl halides is 2. The summed E-state index contributed by atoms with van der Waals surface area (Å²) >= 11 is 6.19. The highest BCUT2D eigenvalue weighted by Crippen LogP contribution is 2.29. The largest absolute Gasteiger partial charge is 0.328 e. The Labute approximate surface area is 146 Å². The van der Waals surface area contributed by atoms with Crippen LogP contribution in [0.1, 0.15) is 28.5 Å². The number of rotatable bonds is 4. The lowest BCUT2D eigenvalue weighted by atomic mass is 10.1. The first-order valence-corrected chi connectivity index (χ1v) is 7.96. The van der Waals surface area contributed by atoms with Crippen molar-refractivity contribution >= 4 is 17.5 Å². The lowest BCUT2D eigenvalue weighted by Crippen LogP contribution is -2.46. The smallest absolute Gasteiger partial charge is 0.275 e. The first kappa shape index (κ1) is 17.7. The maximum absolute atomic E-state index is 13.8. The number of benzene rings is 1. The van der Waals surface area contributed by atoms with Gasteiger partial charge in [0.15, 0.2) is 5.69 Å². The molecule has 3 rings (SSSR count). The summed E-state index contributed by atoms with van der Waals surface area (Å²) < 4.78 is 54.5. The Balaban J connectivity index is 1.94. The molecule has 0 aliphatic carbocycles. The van der Waals surface area contributed by atoms with Crippen molar-refractivity contribution in [1.82, 2.24) is 14.7 Å². The number of hydrogen-bond acceptors (Lipinski definition) is 2. The fraction of sp³-hybridized carbons (Fsp3) is 0.375. The highest BCUT2D eigenvalue weighted by atomic mass is 35.5. The van der Waals surface area contributed by atoms with Crippen molar-refractivity contribution in [1.29, 1.82) is 0 Å². The van der Waals surface area contributed by atoms with Crippen LogP contribution in [-0.4, -0.2) is 39.6 Å². The van der Waals surface area contributed by atoms with Crippen molar-refractivity contribution in [3.05, 3.63) is 51.8 Å². The average molecular weight is 376 g/mol. The minimum Gasteiger partial charge on any atom is -0.328 e. The normalized spacial score (nSPS) is 15.6. The number of carbonyl (C=O) groups excluding carboxylic acids is 1. The lowest BCUT2D eigenvalue weighted by Gasteiger charge is -2.31. The Morgan fingerprint density at radius 3 is 2.52 bits per heavy atom. The summed E-state index contributed by atoms with van der Waals surface area (Å²) in [6, 6.07) is 2.19. The van der Waals surface area contributed by atoms with E-state index in [0.717, 1.165) is 21.7 Å². The molecule has 1 aliphatic heterocycles. The Morgan fingerprint density at radius 1 is 1.28 bits per heavy atom. The van der Waals surface area contributed by atoms with Crippen LogP contribution in [0.25, 0.3) is 0 Å². The maximum atomic E-state index is 13.8. The van der Waals surface area contributed by atoms with E-state index in [1.807, 2.05) is 0 Å². The van der Waals surface area contributed by atoms with Gasteiger partial charge in [-0.2, -0.15) is 5.10 Å². The molecule has 0 bridgehead atoms. The van der Waals surface area contributed by atoms with Crippen LogP contribution in [0.2, 0.25) is 5.15 Å². The maximum Gasteiger partial charge on any atom is 0.275 e. The van der Waals surface area contributed by atoms with Crippen molar-refractivity contribution in [2.24, 2.45) is 0 Å². The van der Waals surface area contributed by atoms with Gasteiger partial charge in [0.05, 0.1) is 12.6 Å². The molecule has 9 heteroatoms. The van der Waals surface area contributed by atoms with Gasteiger partial charge in [-0.05, 0) is 25.5 Å². The van der Waals surface area contributed by atoms with E-state index in [9.17, 15) is 22.4 Å². The molecular weight excluding hydrogens is 362 g/mol. The Hall–Kier alpha value is -2.09. The molecule has 4 nitrogen and oxygen atoms in total. The van der Waals surface area contributed by atoms with Crippen molar-refractivity contribution in [3.8, 4) is 0 Å². The second-order valence-corrected chi connectivity index (χ2v) is 6.16. The molecule has 1 aromatic carbocycles. The van der Waals surface area contributed by atoms with Crippen LogP contribution >= 0.6 is 11.6 Å². The molecule has 1 aliphatic rings. The van der Waals surface area contributed by atoms with Crippen LogP contribution in [0, 0.1) is 11.6 Å². The van der Waals surface area contributed by atoms with Crippen LogP contribution < -0.4 is 0 Å². The first-order chi connectivity index (χ1) is 11.8. The van der Waals surface area contributed by atoms with E-state index >= 15 is 0 Å². The molecule has 0 spiro atoms. The summed E-state index contributed by atoms with van der Waals surface area (Å²) in [6.07, 6.45) is -2.44. The predicted octanol–water partition coefficient (Wildman–Crippen LogP) is 3.51. The standard InChI is InChI=1S/C16H14ClF4N3O/c1-8(15(20)21)23-6-5-9-13(16(23)25)22-24(14(9)17)7-10-11(18)3-2-4-12(10)19/h2-4,8,15H,5-7H2,1H3. The van der Waals surface area contributed by atoms with E-state index in [1.165, 1.54) is 13.0 Å². The van der Waals surface area contributed by atoms with Gasteiger partial charge in [-0.1, -0.05) is 17.7 Å². The van der Waals surface area contributed by atoms with Gasteiger partial charge in [-0.25, -0.2) is 22.2 Å². The summed E-state index contributed by atoms with van der Waals surface area (Å²) in [4.78, 5) is 13.5. The molecular formula is C16H14ClF4N3O. The third kappa shape index (κ3) is 3.10. The molecule has 0 N–H and O–H groups in total. The average Bonchev–Trinajstić information content (AvgIpc) is 2.88. The number of nitrogens with zero attached hydrogens (tertiary/aromatic N) is 3. The van der Waals surface area contributed by atoms with Gasteiger partial charge in [-0.15, -0.1) is 0 Å². The van der Waals surface area contributed by atoms with E-state index in [0.29, 0.717) is 5.56 Å². The fourth-order valence-electron chi connectivity index (χ4n) is 2.80. The molecule has 1 amide bonds. The summed E-state index contributed by atoms with van der Waals surface area (Å²) in [5.41, 5.74) is 0.108. The van der Waals surface area contributed by atoms with E-state index < -0.39 is 30.0 Å². The van der Waals surface area contributed by atoms with Gasteiger partial charge in [0.2, 0.25) is 0 Å². The number of amides is 1. The van der Waals surface area contributed by atoms with Crippen LogP contribution in [0.3, 0.4) is 0 Å². The fourth-order valence-corrected chi connectivity index (χ4v) is 3.09. The topological polar surface area (TPSA) is 38.1 Å². The van der Waals surface area contributed by atoms with E-state index in [1.54, 1.807) is 0 Å². The SMILES string of the molecule is CC(C(F)F)N1CCc2c(nn(Cc3c(F)cccc3F)c2Cl)C1=O. The summed E-state index contributed by atoms with van der Waals surface area (Å²) in [5.74, 6) is -2.18. The third-order valence-corrected chi connectivity index (χ3v) is 4.70. The first-order valence-electron chi connectivity index (χ1n) is 7.58. The second-order valence-electron chi connectivity index (χ2n) is 5.80. The molecule has 134 valence electrons. The predicted molar refractivity (Wildman–Crippen MR) is 82.9 cm³/mol. The van der Waals surface area contributed by atoms with Crippen LogP contribution in [0.5, 0.6) is 0 Å². The molecule has 1 aromatic heterocycles. The van der Waals surface area contributed by atoms with Crippen molar-refractivity contribution in [2.75, 3.05) is 6.54 Å². The van der Waals surface area contributed by atoms with Crippen LogP contribution in [0.4, 0.5) is 17.6 Å². The molecule has 1 unspecified atom stereocenters.